The van der Waals surface area contributed by atoms with Crippen molar-refractivity contribution in [3.05, 3.63) is 56.8 Å². The van der Waals surface area contributed by atoms with Crippen molar-refractivity contribution in [3.8, 4) is 23.0 Å². The van der Waals surface area contributed by atoms with Gasteiger partial charge in [0.05, 0.1) is 25.7 Å². The molecule has 0 amide bonds. The number of hydrogen-bond donors (Lipinski definition) is 1. The summed E-state index contributed by atoms with van der Waals surface area (Å²) >= 11 is 3.39. The van der Waals surface area contributed by atoms with E-state index in [-0.39, 0.29) is 22.1 Å². The van der Waals surface area contributed by atoms with Gasteiger partial charge in [0.15, 0.2) is 11.5 Å². The highest BCUT2D eigenvalue weighted by molar-refractivity contribution is 9.09. The van der Waals surface area contributed by atoms with E-state index < -0.39 is 0 Å². The Morgan fingerprint density at radius 3 is 2.11 bits per heavy atom. The van der Waals surface area contributed by atoms with Crippen molar-refractivity contribution in [2.45, 2.75) is 53.9 Å². The van der Waals surface area contributed by atoms with Crippen LogP contribution in [0.1, 0.15) is 52.2 Å². The number of fused-ring (bicyclic) bond motifs is 2. The third-order valence-electron chi connectivity index (χ3n) is 5.74. The molecule has 0 saturated carbocycles. The molecular formula is C29H35BrO6. The number of alkyl halides is 1. The number of ether oxygens (including phenoxy) is 3. The lowest BCUT2D eigenvalue weighted by molar-refractivity contribution is 0.312. The van der Waals surface area contributed by atoms with Crippen molar-refractivity contribution in [1.29, 1.82) is 0 Å². The lowest BCUT2D eigenvalue weighted by Gasteiger charge is -2.17. The molecule has 0 unspecified atom stereocenters. The smallest absolute Gasteiger partial charge is 0.204 e. The highest BCUT2D eigenvalue weighted by Gasteiger charge is 2.24. The third-order valence-corrected chi connectivity index (χ3v) is 6.06. The Morgan fingerprint density at radius 1 is 0.944 bits per heavy atom. The van der Waals surface area contributed by atoms with Gasteiger partial charge in [0.25, 0.3) is 0 Å². The molecule has 3 aromatic rings. The van der Waals surface area contributed by atoms with Crippen molar-refractivity contribution < 1.29 is 23.7 Å². The Bertz CT molecular complexity index is 1360. The number of aromatic hydroxyl groups is 1. The van der Waals surface area contributed by atoms with Crippen LogP contribution in [0.4, 0.5) is 0 Å². The van der Waals surface area contributed by atoms with E-state index >= 15 is 0 Å². The van der Waals surface area contributed by atoms with Gasteiger partial charge in [-0.05, 0) is 47.0 Å². The maximum absolute atomic E-state index is 14.0. The molecule has 0 saturated heterocycles. The highest BCUT2D eigenvalue weighted by atomic mass is 79.9. The summed E-state index contributed by atoms with van der Waals surface area (Å²) in [4.78, 5) is 14.0. The third kappa shape index (κ3) is 5.89. The van der Waals surface area contributed by atoms with Gasteiger partial charge in [0, 0.05) is 28.6 Å². The summed E-state index contributed by atoms with van der Waals surface area (Å²) < 4.78 is 23.9. The van der Waals surface area contributed by atoms with Gasteiger partial charge in [-0.1, -0.05) is 46.2 Å². The summed E-state index contributed by atoms with van der Waals surface area (Å²) in [6.07, 6.45) is 5.72. The number of hydrogen-bond acceptors (Lipinski definition) is 6. The minimum Gasteiger partial charge on any atom is -0.507 e. The number of halogens is 1. The van der Waals surface area contributed by atoms with Gasteiger partial charge in [-0.2, -0.15) is 0 Å². The number of phenolic OH excluding ortho intramolecular Hbond substituents is 1. The minimum atomic E-state index is -0.313. The highest BCUT2D eigenvalue weighted by Crippen LogP contribution is 2.41. The molecule has 0 atom stereocenters. The van der Waals surface area contributed by atoms with Crippen LogP contribution in [0, 0.1) is 0 Å². The van der Waals surface area contributed by atoms with Crippen LogP contribution >= 0.6 is 15.9 Å². The summed E-state index contributed by atoms with van der Waals surface area (Å²) in [5.74, 6) is 1.38. The maximum Gasteiger partial charge on any atom is 0.204 e. The molecular weight excluding hydrogens is 524 g/mol. The van der Waals surface area contributed by atoms with Gasteiger partial charge in [0.1, 0.15) is 28.1 Å². The monoisotopic (exact) mass is 558 g/mol. The molecule has 7 heteroatoms. The van der Waals surface area contributed by atoms with Crippen LogP contribution in [0.2, 0.25) is 0 Å². The van der Waals surface area contributed by atoms with E-state index in [1.165, 1.54) is 0 Å². The molecule has 3 rings (SSSR count). The second-order valence-electron chi connectivity index (χ2n) is 9.12. The molecule has 0 spiro atoms. The summed E-state index contributed by atoms with van der Waals surface area (Å²) in [7, 11) is 1.56. The molecule has 0 bridgehead atoms. The van der Waals surface area contributed by atoms with Crippen LogP contribution in [0.5, 0.6) is 23.0 Å². The number of phenols is 1. The van der Waals surface area contributed by atoms with Crippen LogP contribution in [-0.4, -0.2) is 30.8 Å². The van der Waals surface area contributed by atoms with Gasteiger partial charge in [-0.25, -0.2) is 0 Å². The van der Waals surface area contributed by atoms with Gasteiger partial charge in [-0.15, -0.1) is 0 Å². The van der Waals surface area contributed by atoms with Crippen LogP contribution in [0.25, 0.3) is 21.9 Å². The number of allylic oxidation sites excluding steroid dienone is 4. The van der Waals surface area contributed by atoms with Crippen molar-refractivity contribution in [1.82, 2.24) is 0 Å². The first-order valence-electron chi connectivity index (χ1n) is 12.2. The summed E-state index contributed by atoms with van der Waals surface area (Å²) in [5, 5.41) is 12.5. The standard InChI is InChI=1S/C29H35BrO6/c1-7-13-34-21-15-23-26(27(31)19(21)10-8-17(2)3)28(32)25-20(11-9-18(4)5)29(33-6)24(35-14-12-30)16-22(25)36-23/h8-9,15-16,31H,7,10-14H2,1-6H3. The maximum atomic E-state index is 14.0. The van der Waals surface area contributed by atoms with Gasteiger partial charge < -0.3 is 23.7 Å². The second kappa shape index (κ2) is 12.3. The molecule has 1 heterocycles. The summed E-state index contributed by atoms with van der Waals surface area (Å²) in [5.41, 5.74) is 3.76. The first-order valence-corrected chi connectivity index (χ1v) is 13.3. The lowest BCUT2D eigenvalue weighted by atomic mass is 9.98. The lowest BCUT2D eigenvalue weighted by Crippen LogP contribution is -2.10. The van der Waals surface area contributed by atoms with E-state index in [4.69, 9.17) is 18.6 Å². The Kier molecular flexibility index (Phi) is 9.49. The topological polar surface area (TPSA) is 78.1 Å². The normalized spacial score (nSPS) is 11.0. The molecule has 1 N–H and O–H groups in total. The zero-order valence-electron chi connectivity index (χ0n) is 21.9. The van der Waals surface area contributed by atoms with Crippen molar-refractivity contribution in [2.24, 2.45) is 0 Å². The number of rotatable bonds is 11. The van der Waals surface area contributed by atoms with Gasteiger partial charge >= 0.3 is 0 Å². The average molecular weight is 559 g/mol. The Balaban J connectivity index is 2.44. The van der Waals surface area contributed by atoms with Crippen molar-refractivity contribution in [3.63, 3.8) is 0 Å². The molecule has 6 nitrogen and oxygen atoms in total. The van der Waals surface area contributed by atoms with E-state index in [2.05, 4.69) is 15.9 Å². The van der Waals surface area contributed by atoms with Gasteiger partial charge in [0.2, 0.25) is 5.43 Å². The predicted molar refractivity (Wildman–Crippen MR) is 150 cm³/mol. The SMILES string of the molecule is CCCOc1cc2oc3cc(OCCBr)c(OC)c(CC=C(C)C)c3c(=O)c2c(O)c1CC=C(C)C. The molecule has 194 valence electrons. The Labute approximate surface area is 220 Å². The molecule has 0 aliphatic carbocycles. The summed E-state index contributed by atoms with van der Waals surface area (Å²) in [6, 6.07) is 3.39. The fourth-order valence-corrected chi connectivity index (χ4v) is 4.19. The van der Waals surface area contributed by atoms with Gasteiger partial charge in [-0.3, -0.25) is 4.79 Å². The van der Waals surface area contributed by atoms with E-state index in [1.807, 2.05) is 46.8 Å². The molecule has 1 aromatic heterocycles. The zero-order valence-corrected chi connectivity index (χ0v) is 23.5. The van der Waals surface area contributed by atoms with Crippen LogP contribution < -0.4 is 19.6 Å². The van der Waals surface area contributed by atoms with Crippen LogP contribution in [-0.2, 0) is 12.8 Å². The zero-order chi connectivity index (χ0) is 26.4. The Hall–Kier alpha value is -2.93. The van der Waals surface area contributed by atoms with Crippen molar-refractivity contribution in [2.75, 3.05) is 25.7 Å². The predicted octanol–water partition coefficient (Wildman–Crippen LogP) is 7.24. The number of methoxy groups -OCH3 is 1. The molecule has 2 aromatic carbocycles. The first kappa shape index (κ1) is 27.7. The summed E-state index contributed by atoms with van der Waals surface area (Å²) in [6.45, 7) is 10.9. The van der Waals surface area contributed by atoms with E-state index in [0.717, 1.165) is 17.6 Å². The average Bonchev–Trinajstić information content (AvgIpc) is 2.83. The quantitative estimate of drug-likeness (QED) is 0.152. The molecule has 0 aliphatic rings. The first-order chi connectivity index (χ1) is 17.2. The minimum absolute atomic E-state index is 0.113. The molecule has 0 radical (unpaired) electrons. The van der Waals surface area contributed by atoms with Crippen LogP contribution in [0.3, 0.4) is 0 Å². The van der Waals surface area contributed by atoms with E-state index in [9.17, 15) is 9.90 Å². The number of benzene rings is 2. The molecule has 36 heavy (non-hydrogen) atoms. The fraction of sp³-hybridized carbons (Fsp3) is 0.414. The fourth-order valence-electron chi connectivity index (χ4n) is 4.03. The largest absolute Gasteiger partial charge is 0.507 e. The van der Waals surface area contributed by atoms with E-state index in [0.29, 0.717) is 70.7 Å². The van der Waals surface area contributed by atoms with Crippen molar-refractivity contribution >= 4 is 37.9 Å². The van der Waals surface area contributed by atoms with E-state index in [1.54, 1.807) is 19.2 Å². The Morgan fingerprint density at radius 2 is 1.53 bits per heavy atom. The molecule has 0 aliphatic heterocycles. The van der Waals surface area contributed by atoms with Crippen LogP contribution in [0.15, 0.2) is 44.6 Å². The molecule has 0 fully saturated rings. The second-order valence-corrected chi connectivity index (χ2v) is 9.92.